The van der Waals surface area contributed by atoms with Crippen molar-refractivity contribution in [2.24, 2.45) is 7.05 Å². The molecule has 0 saturated carbocycles. The van der Waals surface area contributed by atoms with Crippen molar-refractivity contribution in [2.75, 3.05) is 7.05 Å². The summed E-state index contributed by atoms with van der Waals surface area (Å²) in [6, 6.07) is 9.95. The topological polar surface area (TPSA) is 56.0 Å². The Hall–Kier alpha value is -2.89. The third-order valence-corrected chi connectivity index (χ3v) is 4.75. The van der Waals surface area contributed by atoms with Crippen LogP contribution in [0.3, 0.4) is 0 Å². The van der Waals surface area contributed by atoms with Crippen LogP contribution in [0.2, 0.25) is 0 Å². The van der Waals surface area contributed by atoms with Crippen LogP contribution in [0.15, 0.2) is 42.7 Å². The highest BCUT2D eigenvalue weighted by Crippen LogP contribution is 2.15. The maximum atomic E-state index is 12.5. The number of aryl methyl sites for hydroxylation is 2. The van der Waals surface area contributed by atoms with E-state index in [1.54, 1.807) is 4.90 Å². The Morgan fingerprint density at radius 3 is 2.58 bits per heavy atom. The van der Waals surface area contributed by atoms with Crippen molar-refractivity contribution in [3.63, 3.8) is 0 Å². The van der Waals surface area contributed by atoms with Crippen LogP contribution in [0.1, 0.15) is 28.9 Å². The Bertz CT molecular complexity index is 894. The van der Waals surface area contributed by atoms with Crippen molar-refractivity contribution in [3.05, 3.63) is 65.2 Å². The van der Waals surface area contributed by atoms with Gasteiger partial charge in [0, 0.05) is 44.5 Å². The fourth-order valence-electron chi connectivity index (χ4n) is 3.13. The Labute approximate surface area is 154 Å². The largest absolute Gasteiger partial charge is 0.341 e. The van der Waals surface area contributed by atoms with E-state index in [1.165, 1.54) is 5.56 Å². The molecule has 0 aliphatic carbocycles. The van der Waals surface area contributed by atoms with E-state index in [0.29, 0.717) is 13.0 Å². The molecule has 6 nitrogen and oxygen atoms in total. The second-order valence-corrected chi connectivity index (χ2v) is 6.65. The molecule has 2 aromatic heterocycles. The van der Waals surface area contributed by atoms with E-state index >= 15 is 0 Å². The first-order valence-corrected chi connectivity index (χ1v) is 8.77. The molecule has 0 atom stereocenters. The highest BCUT2D eigenvalue weighted by atomic mass is 16.2. The first-order valence-electron chi connectivity index (χ1n) is 8.77. The van der Waals surface area contributed by atoms with Crippen molar-refractivity contribution in [1.82, 2.24) is 24.5 Å². The van der Waals surface area contributed by atoms with E-state index in [4.69, 9.17) is 0 Å². The third kappa shape index (κ3) is 3.85. The van der Waals surface area contributed by atoms with E-state index in [1.807, 2.05) is 80.0 Å². The van der Waals surface area contributed by atoms with Gasteiger partial charge in [0.15, 0.2) is 0 Å². The number of aromatic nitrogens is 4. The molecule has 26 heavy (non-hydrogen) atoms. The molecule has 0 bridgehead atoms. The smallest absolute Gasteiger partial charge is 0.222 e. The van der Waals surface area contributed by atoms with Gasteiger partial charge in [0.2, 0.25) is 5.91 Å². The minimum atomic E-state index is 0.125. The quantitative estimate of drug-likeness (QED) is 0.686. The Morgan fingerprint density at radius 2 is 1.92 bits per heavy atom. The molecule has 1 amide bonds. The number of hydrogen-bond acceptors (Lipinski definition) is 3. The molecule has 136 valence electrons. The Morgan fingerprint density at radius 1 is 1.19 bits per heavy atom. The Kier molecular flexibility index (Phi) is 5.21. The number of rotatable bonds is 6. The molecular weight excluding hydrogens is 326 g/mol. The molecule has 0 spiro atoms. The van der Waals surface area contributed by atoms with E-state index in [0.717, 1.165) is 29.1 Å². The first kappa shape index (κ1) is 17.9. The summed E-state index contributed by atoms with van der Waals surface area (Å²) in [6.45, 7) is 4.59. The van der Waals surface area contributed by atoms with Gasteiger partial charge in [-0.1, -0.05) is 18.2 Å². The predicted octanol–water partition coefficient (Wildman–Crippen LogP) is 2.81. The summed E-state index contributed by atoms with van der Waals surface area (Å²) >= 11 is 0. The average molecular weight is 351 g/mol. The predicted molar refractivity (Wildman–Crippen MR) is 101 cm³/mol. The van der Waals surface area contributed by atoms with Crippen LogP contribution < -0.4 is 0 Å². The standard InChI is InChI=1S/C20H25N5O/c1-15-19(16(2)24(4)22-15)10-11-20(26)23(3)13-17-12-21-25(14-17)18-8-6-5-7-9-18/h5-9,12,14H,10-11,13H2,1-4H3. The van der Waals surface area contributed by atoms with Crippen molar-refractivity contribution in [1.29, 1.82) is 0 Å². The van der Waals surface area contributed by atoms with Gasteiger partial charge in [-0.2, -0.15) is 10.2 Å². The fraction of sp³-hybridized carbons (Fsp3) is 0.350. The number of benzene rings is 1. The zero-order valence-corrected chi connectivity index (χ0v) is 15.8. The SMILES string of the molecule is Cc1nn(C)c(C)c1CCC(=O)N(C)Cc1cnn(-c2ccccc2)c1. The lowest BCUT2D eigenvalue weighted by Crippen LogP contribution is -2.26. The normalized spacial score (nSPS) is 10.9. The van der Waals surface area contributed by atoms with Gasteiger partial charge in [-0.25, -0.2) is 4.68 Å². The number of hydrogen-bond donors (Lipinski definition) is 0. The third-order valence-electron chi connectivity index (χ3n) is 4.75. The van der Waals surface area contributed by atoms with Crippen LogP contribution >= 0.6 is 0 Å². The van der Waals surface area contributed by atoms with Gasteiger partial charge >= 0.3 is 0 Å². The second kappa shape index (κ2) is 7.56. The van der Waals surface area contributed by atoms with Gasteiger partial charge in [-0.3, -0.25) is 9.48 Å². The number of para-hydroxylation sites is 1. The first-order chi connectivity index (χ1) is 12.5. The van der Waals surface area contributed by atoms with Gasteiger partial charge < -0.3 is 4.90 Å². The molecule has 6 heteroatoms. The van der Waals surface area contributed by atoms with Crippen LogP contribution in [-0.2, 0) is 24.8 Å². The highest BCUT2D eigenvalue weighted by molar-refractivity contribution is 5.76. The summed E-state index contributed by atoms with van der Waals surface area (Å²) in [5.74, 6) is 0.125. The van der Waals surface area contributed by atoms with E-state index in [9.17, 15) is 4.79 Å². The molecule has 0 aliphatic heterocycles. The minimum absolute atomic E-state index is 0.125. The van der Waals surface area contributed by atoms with E-state index < -0.39 is 0 Å². The molecule has 0 saturated heterocycles. The lowest BCUT2D eigenvalue weighted by Gasteiger charge is -2.16. The zero-order chi connectivity index (χ0) is 18.7. The molecule has 3 aromatic rings. The minimum Gasteiger partial charge on any atom is -0.341 e. The molecule has 1 aromatic carbocycles. The second-order valence-electron chi connectivity index (χ2n) is 6.65. The van der Waals surface area contributed by atoms with Crippen LogP contribution in [-0.4, -0.2) is 37.4 Å². The van der Waals surface area contributed by atoms with Crippen LogP contribution in [0, 0.1) is 13.8 Å². The van der Waals surface area contributed by atoms with Gasteiger partial charge in [0.25, 0.3) is 0 Å². The summed E-state index contributed by atoms with van der Waals surface area (Å²) < 4.78 is 3.70. The number of nitrogens with zero attached hydrogens (tertiary/aromatic N) is 5. The molecule has 0 fully saturated rings. The number of carbonyl (C=O) groups excluding carboxylic acids is 1. The zero-order valence-electron chi connectivity index (χ0n) is 15.8. The Balaban J connectivity index is 1.58. The van der Waals surface area contributed by atoms with Crippen LogP contribution in [0.5, 0.6) is 0 Å². The van der Waals surface area contributed by atoms with Gasteiger partial charge in [0.05, 0.1) is 17.6 Å². The molecule has 0 unspecified atom stereocenters. The fourth-order valence-corrected chi connectivity index (χ4v) is 3.13. The lowest BCUT2D eigenvalue weighted by molar-refractivity contribution is -0.130. The van der Waals surface area contributed by atoms with Gasteiger partial charge in [0.1, 0.15) is 0 Å². The molecule has 2 heterocycles. The summed E-state index contributed by atoms with van der Waals surface area (Å²) in [5.41, 5.74) is 5.33. The molecule has 0 radical (unpaired) electrons. The van der Waals surface area contributed by atoms with Gasteiger partial charge in [-0.15, -0.1) is 0 Å². The van der Waals surface area contributed by atoms with E-state index in [2.05, 4.69) is 10.2 Å². The summed E-state index contributed by atoms with van der Waals surface area (Å²) in [7, 11) is 3.77. The lowest BCUT2D eigenvalue weighted by atomic mass is 10.1. The molecule has 0 aliphatic rings. The van der Waals surface area contributed by atoms with Crippen LogP contribution in [0.25, 0.3) is 5.69 Å². The number of amides is 1. The molecular formula is C20H25N5O. The average Bonchev–Trinajstić information content (AvgIpc) is 3.19. The molecule has 0 N–H and O–H groups in total. The summed E-state index contributed by atoms with van der Waals surface area (Å²) in [6.07, 6.45) is 4.98. The molecule has 3 rings (SSSR count). The van der Waals surface area contributed by atoms with Gasteiger partial charge in [-0.05, 0) is 38.0 Å². The highest BCUT2D eigenvalue weighted by Gasteiger charge is 2.14. The maximum Gasteiger partial charge on any atom is 0.222 e. The summed E-state index contributed by atoms with van der Waals surface area (Å²) in [5, 5.41) is 8.80. The van der Waals surface area contributed by atoms with Crippen LogP contribution in [0.4, 0.5) is 0 Å². The van der Waals surface area contributed by atoms with E-state index in [-0.39, 0.29) is 5.91 Å². The van der Waals surface area contributed by atoms with Crippen molar-refractivity contribution in [3.8, 4) is 5.69 Å². The maximum absolute atomic E-state index is 12.5. The van der Waals surface area contributed by atoms with Crippen molar-refractivity contribution >= 4 is 5.91 Å². The monoisotopic (exact) mass is 351 g/mol. The summed E-state index contributed by atoms with van der Waals surface area (Å²) in [4.78, 5) is 14.3. The number of carbonyl (C=O) groups is 1. The van der Waals surface area contributed by atoms with Crippen molar-refractivity contribution < 1.29 is 4.79 Å². The van der Waals surface area contributed by atoms with Crippen molar-refractivity contribution in [2.45, 2.75) is 33.2 Å².